The van der Waals surface area contributed by atoms with Crippen LogP contribution in [0.2, 0.25) is 0 Å². The number of nitrogens with two attached hydrogens (primary N) is 1. The van der Waals surface area contributed by atoms with Crippen LogP contribution in [0.5, 0.6) is 0 Å². The summed E-state index contributed by atoms with van der Waals surface area (Å²) in [5.74, 6) is 0. The van der Waals surface area contributed by atoms with Crippen LogP contribution >= 0.6 is 0 Å². The van der Waals surface area contributed by atoms with E-state index in [0.717, 1.165) is 11.0 Å². The van der Waals surface area contributed by atoms with Gasteiger partial charge in [0.2, 0.25) is 0 Å². The van der Waals surface area contributed by atoms with Crippen molar-refractivity contribution in [3.63, 3.8) is 0 Å². The third kappa shape index (κ3) is 2.18. The summed E-state index contributed by atoms with van der Waals surface area (Å²) in [6.45, 7) is 6.19. The predicted molar refractivity (Wildman–Crippen MR) is 59.9 cm³/mol. The zero-order chi connectivity index (χ0) is 11.4. The predicted octanol–water partition coefficient (Wildman–Crippen LogP) is 0.188. The average molecular weight is 209 g/mol. The molecule has 1 aromatic rings. The Morgan fingerprint density at radius 3 is 2.73 bits per heavy atom. The summed E-state index contributed by atoms with van der Waals surface area (Å²) in [5, 5.41) is 0. The van der Waals surface area contributed by atoms with Crippen molar-refractivity contribution in [1.82, 2.24) is 9.13 Å². The molecule has 0 fully saturated rings. The first-order valence-electron chi connectivity index (χ1n) is 4.82. The minimum atomic E-state index is -0.452. The Bertz CT molecular complexity index is 471. The van der Waals surface area contributed by atoms with Crippen LogP contribution in [-0.2, 0) is 13.1 Å². The van der Waals surface area contributed by atoms with Gasteiger partial charge in [0.15, 0.2) is 0 Å². The van der Waals surface area contributed by atoms with E-state index in [-0.39, 0.29) is 17.9 Å². The zero-order valence-electron chi connectivity index (χ0n) is 8.77. The second kappa shape index (κ2) is 4.63. The molecule has 15 heavy (non-hydrogen) atoms. The van der Waals surface area contributed by atoms with Crippen LogP contribution in [0.1, 0.15) is 13.3 Å². The quantitative estimate of drug-likeness (QED) is 0.719. The van der Waals surface area contributed by atoms with E-state index in [1.165, 1.54) is 16.8 Å². The Morgan fingerprint density at radius 1 is 1.53 bits per heavy atom. The smallest absolute Gasteiger partial charge is 0.331 e. The molecule has 0 unspecified atom stereocenters. The Hall–Kier alpha value is -1.78. The fraction of sp³-hybridized carbons (Fsp3) is 0.400. The van der Waals surface area contributed by atoms with Gasteiger partial charge in [-0.25, -0.2) is 4.79 Å². The molecule has 1 rings (SSSR count). The summed E-state index contributed by atoms with van der Waals surface area (Å²) in [6, 6.07) is 0. The molecule has 1 aromatic heterocycles. The second-order valence-corrected chi connectivity index (χ2v) is 3.26. The van der Waals surface area contributed by atoms with Gasteiger partial charge in [-0.3, -0.25) is 13.9 Å². The first-order valence-corrected chi connectivity index (χ1v) is 4.82. The van der Waals surface area contributed by atoms with Gasteiger partial charge >= 0.3 is 5.69 Å². The summed E-state index contributed by atoms with van der Waals surface area (Å²) in [5.41, 5.74) is 4.82. The van der Waals surface area contributed by atoms with Gasteiger partial charge in [-0.05, 0) is 6.42 Å². The van der Waals surface area contributed by atoms with Crippen molar-refractivity contribution in [3.8, 4) is 0 Å². The molecule has 0 radical (unpaired) electrons. The van der Waals surface area contributed by atoms with E-state index in [2.05, 4.69) is 6.58 Å². The van der Waals surface area contributed by atoms with Crippen molar-refractivity contribution in [2.24, 2.45) is 0 Å². The van der Waals surface area contributed by atoms with Gasteiger partial charge in [0.05, 0.1) is 0 Å². The Balaban J connectivity index is 3.41. The number of anilines is 1. The highest BCUT2D eigenvalue weighted by molar-refractivity contribution is 5.31. The van der Waals surface area contributed by atoms with Crippen LogP contribution in [0, 0.1) is 0 Å². The van der Waals surface area contributed by atoms with Gasteiger partial charge in [-0.1, -0.05) is 13.0 Å². The molecule has 0 spiro atoms. The number of rotatable bonds is 4. The van der Waals surface area contributed by atoms with Gasteiger partial charge in [0.25, 0.3) is 5.56 Å². The van der Waals surface area contributed by atoms with Crippen molar-refractivity contribution in [2.75, 3.05) is 5.73 Å². The van der Waals surface area contributed by atoms with E-state index in [1.807, 2.05) is 6.92 Å². The highest BCUT2D eigenvalue weighted by atomic mass is 16.2. The third-order valence-corrected chi connectivity index (χ3v) is 2.04. The number of aromatic nitrogens is 2. The molecule has 5 nitrogen and oxygen atoms in total. The van der Waals surface area contributed by atoms with Crippen molar-refractivity contribution in [1.29, 1.82) is 0 Å². The molecule has 0 bridgehead atoms. The van der Waals surface area contributed by atoms with Crippen LogP contribution in [-0.4, -0.2) is 9.13 Å². The summed E-state index contributed by atoms with van der Waals surface area (Å²) in [7, 11) is 0. The van der Waals surface area contributed by atoms with Crippen LogP contribution in [0.15, 0.2) is 28.4 Å². The van der Waals surface area contributed by atoms with E-state index in [1.54, 1.807) is 0 Å². The molecule has 0 aromatic carbocycles. The van der Waals surface area contributed by atoms with Crippen molar-refractivity contribution in [2.45, 2.75) is 26.4 Å². The second-order valence-electron chi connectivity index (χ2n) is 3.26. The Labute approximate surface area is 87.5 Å². The molecule has 0 atom stereocenters. The van der Waals surface area contributed by atoms with E-state index < -0.39 is 5.56 Å². The minimum Gasteiger partial charge on any atom is -0.393 e. The molecule has 0 saturated carbocycles. The number of hydrogen-bond acceptors (Lipinski definition) is 3. The van der Waals surface area contributed by atoms with Crippen LogP contribution in [0.3, 0.4) is 0 Å². The molecule has 0 saturated heterocycles. The number of aryl methyl sites for hydroxylation is 1. The zero-order valence-corrected chi connectivity index (χ0v) is 8.77. The molecule has 0 amide bonds. The number of allylic oxidation sites excluding steroid dienone is 1. The fourth-order valence-electron chi connectivity index (χ4n) is 1.37. The van der Waals surface area contributed by atoms with Crippen molar-refractivity contribution >= 4 is 5.69 Å². The van der Waals surface area contributed by atoms with Gasteiger partial charge in [-0.2, -0.15) is 0 Å². The van der Waals surface area contributed by atoms with E-state index in [9.17, 15) is 9.59 Å². The monoisotopic (exact) mass is 209 g/mol. The van der Waals surface area contributed by atoms with Crippen LogP contribution in [0.25, 0.3) is 0 Å². The lowest BCUT2D eigenvalue weighted by atomic mass is 10.4. The summed E-state index contributed by atoms with van der Waals surface area (Å²) in [4.78, 5) is 23.3. The standard InChI is InChI=1S/C10H15N3O2/c1-3-5-12-7-8(11)9(14)13(6-4-2)10(12)15/h4,7H,2-3,5-6,11H2,1H3. The Kier molecular flexibility index (Phi) is 3.49. The van der Waals surface area contributed by atoms with Crippen LogP contribution < -0.4 is 17.0 Å². The highest BCUT2D eigenvalue weighted by Crippen LogP contribution is 1.91. The van der Waals surface area contributed by atoms with Crippen molar-refractivity contribution < 1.29 is 0 Å². The lowest BCUT2D eigenvalue weighted by Crippen LogP contribution is -2.40. The fourth-order valence-corrected chi connectivity index (χ4v) is 1.37. The maximum Gasteiger partial charge on any atom is 0.331 e. The maximum atomic E-state index is 11.7. The summed E-state index contributed by atoms with van der Waals surface area (Å²) in [6.07, 6.45) is 3.71. The normalized spacial score (nSPS) is 10.2. The first kappa shape index (κ1) is 11.3. The average Bonchev–Trinajstić information content (AvgIpc) is 2.21. The highest BCUT2D eigenvalue weighted by Gasteiger charge is 2.06. The maximum absolute atomic E-state index is 11.7. The SMILES string of the molecule is C=CCn1c(=O)c(N)cn(CCC)c1=O. The van der Waals surface area contributed by atoms with E-state index in [4.69, 9.17) is 5.73 Å². The molecular formula is C10H15N3O2. The molecule has 2 N–H and O–H groups in total. The number of nitrogens with zero attached hydrogens (tertiary/aromatic N) is 2. The van der Waals surface area contributed by atoms with Crippen LogP contribution in [0.4, 0.5) is 5.69 Å². The topological polar surface area (TPSA) is 70.0 Å². The molecule has 0 aliphatic rings. The van der Waals surface area contributed by atoms with Crippen molar-refractivity contribution in [3.05, 3.63) is 39.7 Å². The van der Waals surface area contributed by atoms with Gasteiger partial charge < -0.3 is 5.73 Å². The largest absolute Gasteiger partial charge is 0.393 e. The molecule has 5 heteroatoms. The van der Waals surface area contributed by atoms with E-state index in [0.29, 0.717) is 6.54 Å². The van der Waals surface area contributed by atoms with E-state index >= 15 is 0 Å². The van der Waals surface area contributed by atoms with Gasteiger partial charge in [0.1, 0.15) is 5.69 Å². The lowest BCUT2D eigenvalue weighted by Gasteiger charge is -2.08. The lowest BCUT2D eigenvalue weighted by molar-refractivity contribution is 0.577. The minimum absolute atomic E-state index is 0.0879. The first-order chi connectivity index (χ1) is 7.11. The summed E-state index contributed by atoms with van der Waals surface area (Å²) < 4.78 is 2.53. The molecule has 0 aliphatic heterocycles. The summed E-state index contributed by atoms with van der Waals surface area (Å²) >= 11 is 0. The molecular weight excluding hydrogens is 194 g/mol. The Morgan fingerprint density at radius 2 is 2.20 bits per heavy atom. The number of hydrogen-bond donors (Lipinski definition) is 1. The molecule has 0 aliphatic carbocycles. The third-order valence-electron chi connectivity index (χ3n) is 2.04. The van der Waals surface area contributed by atoms with Gasteiger partial charge in [-0.15, -0.1) is 6.58 Å². The van der Waals surface area contributed by atoms with Gasteiger partial charge in [0, 0.05) is 19.3 Å². The number of nitrogen functional groups attached to an aromatic ring is 1. The molecule has 1 heterocycles. The molecule has 82 valence electrons.